The van der Waals surface area contributed by atoms with Crippen LogP contribution >= 0.6 is 0 Å². The van der Waals surface area contributed by atoms with Crippen molar-refractivity contribution in [3.05, 3.63) is 48.6 Å². The maximum atomic E-state index is 12.1. The van der Waals surface area contributed by atoms with Gasteiger partial charge in [0.05, 0.1) is 0 Å². The van der Waals surface area contributed by atoms with Crippen LogP contribution in [0.4, 0.5) is 0 Å². The van der Waals surface area contributed by atoms with E-state index in [1.54, 1.807) is 6.08 Å². The molecule has 0 aromatic rings. The van der Waals surface area contributed by atoms with E-state index >= 15 is 0 Å². The van der Waals surface area contributed by atoms with Gasteiger partial charge in [-0.2, -0.15) is 0 Å². The highest BCUT2D eigenvalue weighted by atomic mass is 16.5. The second-order valence-electron chi connectivity index (χ2n) is 6.59. The van der Waals surface area contributed by atoms with Crippen LogP contribution in [0, 0.1) is 11.8 Å². The first-order valence-corrected chi connectivity index (χ1v) is 9.53. The molecule has 0 saturated heterocycles. The topological polar surface area (TPSA) is 80.7 Å². The normalized spacial score (nSPS) is 20.9. The molecular formula is C22H30O5. The van der Waals surface area contributed by atoms with Gasteiger partial charge in [-0.15, -0.1) is 0 Å². The highest BCUT2D eigenvalue weighted by Gasteiger charge is 2.27. The van der Waals surface area contributed by atoms with Crippen LogP contribution in [0.15, 0.2) is 48.6 Å². The molecule has 0 saturated carbocycles. The maximum absolute atomic E-state index is 12.1. The number of ketones is 1. The molecule has 0 aromatic heterocycles. The van der Waals surface area contributed by atoms with Gasteiger partial charge < -0.3 is 9.84 Å². The summed E-state index contributed by atoms with van der Waals surface area (Å²) >= 11 is 0. The molecule has 27 heavy (non-hydrogen) atoms. The number of unbranched alkanes of at least 4 members (excludes halogenated alkanes) is 1. The van der Waals surface area contributed by atoms with Crippen molar-refractivity contribution in [3.8, 4) is 0 Å². The minimum absolute atomic E-state index is 0.0191. The highest BCUT2D eigenvalue weighted by Crippen LogP contribution is 2.27. The van der Waals surface area contributed by atoms with Crippen molar-refractivity contribution in [1.82, 2.24) is 0 Å². The molecule has 0 spiro atoms. The van der Waals surface area contributed by atoms with Crippen molar-refractivity contribution in [2.24, 2.45) is 11.8 Å². The van der Waals surface area contributed by atoms with Crippen LogP contribution in [0.3, 0.4) is 0 Å². The number of carboxylic acids is 1. The third-order valence-corrected chi connectivity index (χ3v) is 4.27. The Hall–Kier alpha value is -2.43. The lowest BCUT2D eigenvalue weighted by Gasteiger charge is -2.15. The number of hydrogen-bond acceptors (Lipinski definition) is 4. The lowest BCUT2D eigenvalue weighted by atomic mass is 9.90. The fourth-order valence-corrected chi connectivity index (χ4v) is 2.89. The molecule has 5 heteroatoms. The van der Waals surface area contributed by atoms with E-state index in [1.807, 2.05) is 49.5 Å². The van der Waals surface area contributed by atoms with Gasteiger partial charge in [0.2, 0.25) is 0 Å². The molecule has 1 aliphatic carbocycles. The van der Waals surface area contributed by atoms with Crippen LogP contribution in [-0.2, 0) is 19.1 Å². The number of carbonyl (C=O) groups is 3. The fourth-order valence-electron chi connectivity index (χ4n) is 2.89. The Bertz CT molecular complexity index is 612. The van der Waals surface area contributed by atoms with Gasteiger partial charge in [0.1, 0.15) is 6.10 Å². The first-order chi connectivity index (χ1) is 12.9. The monoisotopic (exact) mass is 374 g/mol. The summed E-state index contributed by atoms with van der Waals surface area (Å²) in [6.07, 6.45) is 18.5. The Morgan fingerprint density at radius 2 is 2.04 bits per heavy atom. The quantitative estimate of drug-likeness (QED) is 0.311. The molecule has 0 aromatic carbocycles. The van der Waals surface area contributed by atoms with E-state index in [0.29, 0.717) is 25.7 Å². The zero-order valence-corrected chi connectivity index (χ0v) is 16.2. The molecule has 1 rings (SSSR count). The smallest absolute Gasteiger partial charge is 0.303 e. The molecule has 5 nitrogen and oxygen atoms in total. The lowest BCUT2D eigenvalue weighted by molar-refractivity contribution is -0.144. The third kappa shape index (κ3) is 9.73. The van der Waals surface area contributed by atoms with Crippen molar-refractivity contribution >= 4 is 17.7 Å². The Morgan fingerprint density at radius 1 is 1.26 bits per heavy atom. The van der Waals surface area contributed by atoms with Crippen LogP contribution in [-0.4, -0.2) is 28.9 Å². The van der Waals surface area contributed by atoms with E-state index in [2.05, 4.69) is 0 Å². The predicted octanol–water partition coefficient (Wildman–Crippen LogP) is 4.40. The summed E-state index contributed by atoms with van der Waals surface area (Å²) < 4.78 is 5.32. The Morgan fingerprint density at radius 3 is 2.70 bits per heavy atom. The summed E-state index contributed by atoms with van der Waals surface area (Å²) in [6.45, 7) is 3.43. The minimum Gasteiger partial charge on any atom is -0.481 e. The summed E-state index contributed by atoms with van der Waals surface area (Å²) in [7, 11) is 0. The van der Waals surface area contributed by atoms with E-state index in [0.717, 1.165) is 6.42 Å². The van der Waals surface area contributed by atoms with Crippen LogP contribution in [0.1, 0.15) is 52.4 Å². The predicted molar refractivity (Wildman–Crippen MR) is 105 cm³/mol. The van der Waals surface area contributed by atoms with Gasteiger partial charge in [-0.1, -0.05) is 43.4 Å². The second kappa shape index (κ2) is 12.8. The van der Waals surface area contributed by atoms with Crippen molar-refractivity contribution in [2.45, 2.75) is 58.5 Å². The second-order valence-corrected chi connectivity index (χ2v) is 6.59. The molecule has 3 unspecified atom stereocenters. The molecule has 0 fully saturated rings. The van der Waals surface area contributed by atoms with Gasteiger partial charge in [-0.3, -0.25) is 14.4 Å². The largest absolute Gasteiger partial charge is 0.481 e. The van der Waals surface area contributed by atoms with Gasteiger partial charge >= 0.3 is 11.9 Å². The summed E-state index contributed by atoms with van der Waals surface area (Å²) in [5.74, 6) is -1.20. The van der Waals surface area contributed by atoms with Crippen molar-refractivity contribution in [3.63, 3.8) is 0 Å². The van der Waals surface area contributed by atoms with Crippen LogP contribution in [0.2, 0.25) is 0 Å². The molecule has 0 bridgehead atoms. The van der Waals surface area contributed by atoms with Crippen LogP contribution in [0.5, 0.6) is 0 Å². The number of allylic oxidation sites excluding steroid dienone is 6. The average Bonchev–Trinajstić information content (AvgIpc) is 2.95. The number of hydrogen-bond donors (Lipinski definition) is 1. The first-order valence-electron chi connectivity index (χ1n) is 9.53. The molecule has 0 radical (unpaired) electrons. The number of carbonyl (C=O) groups excluding carboxylic acids is 2. The van der Waals surface area contributed by atoms with Crippen LogP contribution in [0.25, 0.3) is 0 Å². The number of rotatable bonds is 12. The standard InChI is InChI=1S/C22H30O5/c1-3-4-7-10-19(27-17(2)23)15-13-18-14-16-21(24)20(18)11-8-5-6-9-12-22(25)26/h4-5,7-8,13-16,18-20H,3,6,9-12H2,1-2H3,(H,25,26). The number of ether oxygens (including phenoxy) is 1. The first kappa shape index (κ1) is 22.6. The van der Waals surface area contributed by atoms with Crippen molar-refractivity contribution in [1.29, 1.82) is 0 Å². The zero-order valence-electron chi connectivity index (χ0n) is 16.2. The number of esters is 1. The van der Waals surface area contributed by atoms with Crippen molar-refractivity contribution < 1.29 is 24.2 Å². The average molecular weight is 374 g/mol. The molecule has 1 N–H and O–H groups in total. The van der Waals surface area contributed by atoms with Crippen LogP contribution < -0.4 is 0 Å². The zero-order chi connectivity index (χ0) is 20.1. The van der Waals surface area contributed by atoms with Gasteiger partial charge in [0.25, 0.3) is 0 Å². The Balaban J connectivity index is 2.59. The summed E-state index contributed by atoms with van der Waals surface area (Å²) in [5, 5.41) is 8.62. The minimum atomic E-state index is -0.792. The van der Waals surface area contributed by atoms with Gasteiger partial charge in [0, 0.05) is 31.6 Å². The SMILES string of the molecule is CCC=CCC(C=CC1C=CC(=O)C1CC=CCCCC(=O)O)OC(C)=O. The Labute approximate surface area is 161 Å². The lowest BCUT2D eigenvalue weighted by Crippen LogP contribution is -2.16. The van der Waals surface area contributed by atoms with E-state index in [9.17, 15) is 14.4 Å². The fraction of sp³-hybridized carbons (Fsp3) is 0.500. The van der Waals surface area contributed by atoms with E-state index < -0.39 is 5.97 Å². The molecule has 0 aliphatic heterocycles. The number of carboxylic acid groups (broad SMARTS) is 1. The molecule has 3 atom stereocenters. The molecule has 0 heterocycles. The maximum Gasteiger partial charge on any atom is 0.303 e. The highest BCUT2D eigenvalue weighted by molar-refractivity contribution is 5.95. The third-order valence-electron chi connectivity index (χ3n) is 4.27. The van der Waals surface area contributed by atoms with Gasteiger partial charge in [-0.05, 0) is 37.8 Å². The Kier molecular flexibility index (Phi) is 10.8. The molecule has 0 amide bonds. The molecular weight excluding hydrogens is 344 g/mol. The molecule has 1 aliphatic rings. The van der Waals surface area contributed by atoms with E-state index in [-0.39, 0.29) is 36.1 Å². The van der Waals surface area contributed by atoms with Crippen molar-refractivity contribution in [2.75, 3.05) is 0 Å². The summed E-state index contributed by atoms with van der Waals surface area (Å²) in [5.41, 5.74) is 0. The molecule has 148 valence electrons. The van der Waals surface area contributed by atoms with E-state index in [4.69, 9.17) is 9.84 Å². The number of aliphatic carboxylic acids is 1. The van der Waals surface area contributed by atoms with E-state index in [1.165, 1.54) is 6.92 Å². The summed E-state index contributed by atoms with van der Waals surface area (Å²) in [4.78, 5) is 33.9. The summed E-state index contributed by atoms with van der Waals surface area (Å²) in [6, 6.07) is 0. The van der Waals surface area contributed by atoms with Gasteiger partial charge in [0.15, 0.2) is 5.78 Å². The van der Waals surface area contributed by atoms with Gasteiger partial charge in [-0.25, -0.2) is 0 Å².